The largest absolute Gasteiger partial charge is 0.469 e. The zero-order valence-electron chi connectivity index (χ0n) is 9.70. The summed E-state index contributed by atoms with van der Waals surface area (Å²) < 4.78 is 17.8. The Morgan fingerprint density at radius 1 is 1.59 bits per heavy atom. The smallest absolute Gasteiger partial charge is 0.309 e. The molecule has 0 saturated heterocycles. The number of carbonyl (C=O) groups is 1. The Morgan fingerprint density at radius 2 is 2.29 bits per heavy atom. The molecular formula is C12H14ClFO2S. The molecule has 1 atom stereocenters. The lowest BCUT2D eigenvalue weighted by Gasteiger charge is -2.08. The average molecular weight is 277 g/mol. The minimum atomic E-state index is -0.411. The Kier molecular flexibility index (Phi) is 5.78. The van der Waals surface area contributed by atoms with Crippen molar-refractivity contribution < 1.29 is 13.9 Å². The molecule has 0 N–H and O–H groups in total. The molecule has 0 radical (unpaired) electrons. The van der Waals surface area contributed by atoms with Gasteiger partial charge in [-0.05, 0) is 17.7 Å². The maximum Gasteiger partial charge on any atom is 0.309 e. The van der Waals surface area contributed by atoms with Crippen LogP contribution < -0.4 is 0 Å². The minimum Gasteiger partial charge on any atom is -0.469 e. The number of benzene rings is 1. The molecule has 94 valence electrons. The predicted octanol–water partition coefficient (Wildman–Crippen LogP) is 3.52. The highest BCUT2D eigenvalue weighted by molar-refractivity contribution is 7.98. The molecule has 0 fully saturated rings. The molecule has 1 aromatic rings. The number of hydrogen-bond acceptors (Lipinski definition) is 3. The van der Waals surface area contributed by atoms with Crippen LogP contribution in [0.4, 0.5) is 4.39 Å². The maximum absolute atomic E-state index is 13.1. The van der Waals surface area contributed by atoms with Gasteiger partial charge in [-0.3, -0.25) is 4.79 Å². The van der Waals surface area contributed by atoms with Gasteiger partial charge >= 0.3 is 5.97 Å². The van der Waals surface area contributed by atoms with Gasteiger partial charge in [0.05, 0.1) is 18.1 Å². The summed E-state index contributed by atoms with van der Waals surface area (Å²) in [5.74, 6) is 0.513. The Bertz CT molecular complexity index is 398. The van der Waals surface area contributed by atoms with E-state index in [1.165, 1.54) is 19.2 Å². The van der Waals surface area contributed by atoms with Gasteiger partial charge in [0.15, 0.2) is 0 Å². The summed E-state index contributed by atoms with van der Waals surface area (Å²) in [6.07, 6.45) is 0. The summed E-state index contributed by atoms with van der Waals surface area (Å²) in [5.41, 5.74) is 0.856. The van der Waals surface area contributed by atoms with Crippen molar-refractivity contribution >= 4 is 29.3 Å². The van der Waals surface area contributed by atoms with Crippen LogP contribution in [-0.2, 0) is 15.3 Å². The second-order valence-corrected chi connectivity index (χ2v) is 5.13. The molecule has 1 unspecified atom stereocenters. The highest BCUT2D eigenvalue weighted by Crippen LogP contribution is 2.20. The first-order valence-corrected chi connectivity index (χ1v) is 6.67. The molecule has 17 heavy (non-hydrogen) atoms. The van der Waals surface area contributed by atoms with Gasteiger partial charge in [-0.15, -0.1) is 0 Å². The van der Waals surface area contributed by atoms with E-state index < -0.39 is 5.82 Å². The first-order valence-electron chi connectivity index (χ1n) is 5.14. The topological polar surface area (TPSA) is 26.3 Å². The van der Waals surface area contributed by atoms with Crippen LogP contribution in [-0.4, -0.2) is 18.8 Å². The van der Waals surface area contributed by atoms with E-state index in [0.29, 0.717) is 11.5 Å². The number of hydrogen-bond donors (Lipinski definition) is 0. The number of methoxy groups -OCH3 is 1. The third-order valence-corrected chi connectivity index (χ3v) is 3.80. The number of carbonyl (C=O) groups excluding carboxylic acids is 1. The van der Waals surface area contributed by atoms with E-state index in [1.807, 2.05) is 0 Å². The zero-order chi connectivity index (χ0) is 12.8. The van der Waals surface area contributed by atoms with Gasteiger partial charge in [0, 0.05) is 11.5 Å². The monoisotopic (exact) mass is 276 g/mol. The van der Waals surface area contributed by atoms with Gasteiger partial charge < -0.3 is 4.74 Å². The van der Waals surface area contributed by atoms with Crippen LogP contribution in [0.2, 0.25) is 5.02 Å². The van der Waals surface area contributed by atoms with Crippen LogP contribution >= 0.6 is 23.4 Å². The van der Waals surface area contributed by atoms with E-state index in [-0.39, 0.29) is 16.9 Å². The molecule has 0 bridgehead atoms. The molecule has 0 heterocycles. The lowest BCUT2D eigenvalue weighted by Crippen LogP contribution is -2.14. The first kappa shape index (κ1) is 14.3. The van der Waals surface area contributed by atoms with Crippen molar-refractivity contribution in [1.82, 2.24) is 0 Å². The molecule has 0 aliphatic rings. The summed E-state index contributed by atoms with van der Waals surface area (Å²) in [4.78, 5) is 11.1. The van der Waals surface area contributed by atoms with Crippen LogP contribution in [0.25, 0.3) is 0 Å². The van der Waals surface area contributed by atoms with Gasteiger partial charge in [-0.25, -0.2) is 4.39 Å². The first-order chi connectivity index (χ1) is 8.04. The Hall–Kier alpha value is -0.740. The predicted molar refractivity (Wildman–Crippen MR) is 68.8 cm³/mol. The molecule has 1 aromatic carbocycles. The fourth-order valence-corrected chi connectivity index (χ4v) is 2.39. The molecule has 2 nitrogen and oxygen atoms in total. The summed E-state index contributed by atoms with van der Waals surface area (Å²) in [7, 11) is 1.37. The van der Waals surface area contributed by atoms with Crippen molar-refractivity contribution in [2.75, 3.05) is 12.9 Å². The number of esters is 1. The molecule has 0 aliphatic carbocycles. The Balaban J connectivity index is 2.40. The second-order valence-electron chi connectivity index (χ2n) is 3.69. The fourth-order valence-electron chi connectivity index (χ4n) is 1.25. The van der Waals surface area contributed by atoms with Crippen molar-refractivity contribution in [2.45, 2.75) is 12.7 Å². The Morgan fingerprint density at radius 3 is 2.88 bits per heavy atom. The number of halogens is 2. The maximum atomic E-state index is 13.1. The molecule has 5 heteroatoms. The third-order valence-electron chi connectivity index (χ3n) is 2.22. The number of thioether (sulfide) groups is 1. The van der Waals surface area contributed by atoms with Crippen molar-refractivity contribution in [2.24, 2.45) is 5.92 Å². The molecule has 0 aromatic heterocycles. The standard InChI is InChI=1S/C12H14ClFO2S/c1-8(12(15)16-2)6-17-7-9-3-4-10(13)11(14)5-9/h3-5,8H,6-7H2,1-2H3. The summed E-state index contributed by atoms with van der Waals surface area (Å²) in [6, 6.07) is 4.73. The molecule has 0 saturated carbocycles. The fraction of sp³-hybridized carbons (Fsp3) is 0.417. The molecular weight excluding hydrogens is 263 g/mol. The van der Waals surface area contributed by atoms with Crippen LogP contribution in [0.1, 0.15) is 12.5 Å². The highest BCUT2D eigenvalue weighted by Gasteiger charge is 2.12. The molecule has 0 aliphatic heterocycles. The van der Waals surface area contributed by atoms with Crippen molar-refractivity contribution in [1.29, 1.82) is 0 Å². The highest BCUT2D eigenvalue weighted by atomic mass is 35.5. The van der Waals surface area contributed by atoms with Gasteiger partial charge in [0.25, 0.3) is 0 Å². The van der Waals surface area contributed by atoms with Gasteiger partial charge in [-0.1, -0.05) is 24.6 Å². The summed E-state index contributed by atoms with van der Waals surface area (Å²) >= 11 is 7.14. The van der Waals surface area contributed by atoms with Gasteiger partial charge in [0.1, 0.15) is 5.82 Å². The quantitative estimate of drug-likeness (QED) is 0.770. The van der Waals surface area contributed by atoms with Crippen LogP contribution in [0.3, 0.4) is 0 Å². The Labute approximate surface area is 109 Å². The number of ether oxygens (including phenoxy) is 1. The van der Waals surface area contributed by atoms with E-state index in [9.17, 15) is 9.18 Å². The van der Waals surface area contributed by atoms with Gasteiger partial charge in [0.2, 0.25) is 0 Å². The lowest BCUT2D eigenvalue weighted by molar-refractivity contribution is -0.143. The van der Waals surface area contributed by atoms with E-state index >= 15 is 0 Å². The van der Waals surface area contributed by atoms with Crippen molar-refractivity contribution in [3.63, 3.8) is 0 Å². The van der Waals surface area contributed by atoms with E-state index in [0.717, 1.165) is 5.56 Å². The third kappa shape index (κ3) is 4.56. The van der Waals surface area contributed by atoms with Crippen molar-refractivity contribution in [3.05, 3.63) is 34.6 Å². The van der Waals surface area contributed by atoms with Gasteiger partial charge in [-0.2, -0.15) is 11.8 Å². The van der Waals surface area contributed by atoms with Crippen LogP contribution in [0.5, 0.6) is 0 Å². The zero-order valence-corrected chi connectivity index (χ0v) is 11.3. The minimum absolute atomic E-state index is 0.127. The average Bonchev–Trinajstić information content (AvgIpc) is 2.32. The molecule has 1 rings (SSSR count). The van der Waals surface area contributed by atoms with E-state index in [4.69, 9.17) is 11.6 Å². The van der Waals surface area contributed by atoms with Crippen molar-refractivity contribution in [3.8, 4) is 0 Å². The lowest BCUT2D eigenvalue weighted by atomic mass is 10.2. The van der Waals surface area contributed by atoms with Crippen LogP contribution in [0.15, 0.2) is 18.2 Å². The van der Waals surface area contributed by atoms with E-state index in [2.05, 4.69) is 4.74 Å². The SMILES string of the molecule is COC(=O)C(C)CSCc1ccc(Cl)c(F)c1. The number of rotatable bonds is 5. The van der Waals surface area contributed by atoms with E-state index in [1.54, 1.807) is 24.8 Å². The second kappa shape index (κ2) is 6.87. The summed E-state index contributed by atoms with van der Waals surface area (Å²) in [5, 5.41) is 0.127. The normalized spacial score (nSPS) is 12.2. The summed E-state index contributed by atoms with van der Waals surface area (Å²) in [6.45, 7) is 1.81. The van der Waals surface area contributed by atoms with Crippen LogP contribution in [0, 0.1) is 11.7 Å². The molecule has 0 spiro atoms. The molecule has 0 amide bonds.